The van der Waals surface area contributed by atoms with Gasteiger partial charge in [0.25, 0.3) is 0 Å². The van der Waals surface area contributed by atoms with Crippen LogP contribution in [0.3, 0.4) is 0 Å². The molecule has 0 bridgehead atoms. The van der Waals surface area contributed by atoms with Gasteiger partial charge in [-0.05, 0) is 45.6 Å². The highest BCUT2D eigenvalue weighted by molar-refractivity contribution is 5.87. The molecule has 7 heteroatoms. The minimum absolute atomic E-state index is 0.00611. The Morgan fingerprint density at radius 1 is 1.26 bits per heavy atom. The van der Waals surface area contributed by atoms with Crippen LogP contribution in [0, 0.1) is 11.8 Å². The van der Waals surface area contributed by atoms with Gasteiger partial charge >= 0.3 is 0 Å². The lowest BCUT2D eigenvalue weighted by Crippen LogP contribution is -2.52. The molecule has 130 valence electrons. The van der Waals surface area contributed by atoms with Crippen LogP contribution in [0.5, 0.6) is 0 Å². The maximum Gasteiger partial charge on any atom is 0.240 e. The molecule has 3 amide bonds. The van der Waals surface area contributed by atoms with Crippen molar-refractivity contribution in [1.29, 1.82) is 0 Å². The van der Waals surface area contributed by atoms with Crippen molar-refractivity contribution < 1.29 is 14.4 Å². The summed E-state index contributed by atoms with van der Waals surface area (Å²) in [5.41, 5.74) is 11.1. The first kappa shape index (κ1) is 17.7. The molecule has 0 saturated carbocycles. The third-order valence-corrected chi connectivity index (χ3v) is 5.22. The smallest absolute Gasteiger partial charge is 0.240 e. The van der Waals surface area contributed by atoms with Crippen molar-refractivity contribution in [3.63, 3.8) is 0 Å². The van der Waals surface area contributed by atoms with Crippen molar-refractivity contribution in [3.8, 4) is 0 Å². The van der Waals surface area contributed by atoms with Crippen LogP contribution in [0.1, 0.15) is 39.5 Å². The van der Waals surface area contributed by atoms with Gasteiger partial charge in [0, 0.05) is 25.6 Å². The number of amides is 3. The zero-order chi connectivity index (χ0) is 17.1. The van der Waals surface area contributed by atoms with Crippen molar-refractivity contribution in [3.05, 3.63) is 0 Å². The first-order valence-electron chi connectivity index (χ1n) is 8.43. The lowest BCUT2D eigenvalue weighted by molar-refractivity contribution is -0.137. The normalized spacial score (nSPS) is 27.4. The zero-order valence-corrected chi connectivity index (χ0v) is 14.0. The Bertz CT molecular complexity index is 480. The molecule has 0 aromatic carbocycles. The average Bonchev–Trinajstić information content (AvgIpc) is 2.90. The topological polar surface area (TPSA) is 110 Å². The van der Waals surface area contributed by atoms with Gasteiger partial charge in [0.2, 0.25) is 17.7 Å². The first-order chi connectivity index (χ1) is 10.8. The first-order valence-corrected chi connectivity index (χ1v) is 8.43. The SMILES string of the molecule is CC(C)N1CCC(CC(C(N)=O)N2CCCC2=O)C(C(N)=O)C1. The zero-order valence-electron chi connectivity index (χ0n) is 14.0. The van der Waals surface area contributed by atoms with Gasteiger partial charge in [0.1, 0.15) is 6.04 Å². The van der Waals surface area contributed by atoms with Gasteiger partial charge in [-0.3, -0.25) is 14.4 Å². The van der Waals surface area contributed by atoms with E-state index in [0.29, 0.717) is 32.0 Å². The van der Waals surface area contributed by atoms with Crippen molar-refractivity contribution in [2.24, 2.45) is 23.3 Å². The predicted octanol–water partition coefficient (Wildman–Crippen LogP) is -0.315. The van der Waals surface area contributed by atoms with E-state index in [0.717, 1.165) is 19.4 Å². The van der Waals surface area contributed by atoms with Gasteiger partial charge < -0.3 is 21.3 Å². The highest BCUT2D eigenvalue weighted by Crippen LogP contribution is 2.31. The number of hydrogen-bond acceptors (Lipinski definition) is 4. The number of hydrogen-bond donors (Lipinski definition) is 2. The number of carbonyl (C=O) groups excluding carboxylic acids is 3. The van der Waals surface area contributed by atoms with E-state index in [-0.39, 0.29) is 23.7 Å². The molecule has 3 unspecified atom stereocenters. The van der Waals surface area contributed by atoms with E-state index >= 15 is 0 Å². The van der Waals surface area contributed by atoms with Crippen LogP contribution in [0.15, 0.2) is 0 Å². The highest BCUT2D eigenvalue weighted by atomic mass is 16.2. The summed E-state index contributed by atoms with van der Waals surface area (Å²) >= 11 is 0. The van der Waals surface area contributed by atoms with Gasteiger partial charge in [-0.1, -0.05) is 0 Å². The van der Waals surface area contributed by atoms with Crippen molar-refractivity contribution >= 4 is 17.7 Å². The quantitative estimate of drug-likeness (QED) is 0.698. The summed E-state index contributed by atoms with van der Waals surface area (Å²) in [6, 6.07) is -0.271. The second-order valence-corrected chi connectivity index (χ2v) is 6.99. The summed E-state index contributed by atoms with van der Waals surface area (Å²) in [4.78, 5) is 39.5. The van der Waals surface area contributed by atoms with E-state index in [1.165, 1.54) is 0 Å². The van der Waals surface area contributed by atoms with E-state index in [4.69, 9.17) is 11.5 Å². The Kier molecular flexibility index (Phi) is 5.62. The fraction of sp³-hybridized carbons (Fsp3) is 0.812. The van der Waals surface area contributed by atoms with Crippen LogP contribution in [0.2, 0.25) is 0 Å². The fourth-order valence-electron chi connectivity index (χ4n) is 3.78. The molecule has 2 saturated heterocycles. The number of nitrogens with two attached hydrogens (primary N) is 2. The van der Waals surface area contributed by atoms with E-state index in [2.05, 4.69) is 18.7 Å². The van der Waals surface area contributed by atoms with Crippen LogP contribution in [-0.2, 0) is 14.4 Å². The summed E-state index contributed by atoms with van der Waals surface area (Å²) in [6.07, 6.45) is 2.45. The van der Waals surface area contributed by atoms with E-state index in [1.807, 2.05) is 0 Å². The van der Waals surface area contributed by atoms with Crippen LogP contribution >= 0.6 is 0 Å². The van der Waals surface area contributed by atoms with Gasteiger partial charge in [-0.2, -0.15) is 0 Å². The molecule has 23 heavy (non-hydrogen) atoms. The maximum atomic E-state index is 11.9. The molecule has 0 aromatic heterocycles. The van der Waals surface area contributed by atoms with Crippen LogP contribution in [0.25, 0.3) is 0 Å². The van der Waals surface area contributed by atoms with Crippen molar-refractivity contribution in [2.75, 3.05) is 19.6 Å². The predicted molar refractivity (Wildman–Crippen MR) is 86.0 cm³/mol. The number of likely N-dealkylation sites (tertiary alicyclic amines) is 2. The summed E-state index contributed by atoms with van der Waals surface area (Å²) in [6.45, 7) is 6.22. The Balaban J connectivity index is 2.10. The van der Waals surface area contributed by atoms with E-state index in [1.54, 1.807) is 4.90 Å². The monoisotopic (exact) mass is 324 g/mol. The number of piperidine rings is 1. The lowest BCUT2D eigenvalue weighted by Gasteiger charge is -2.41. The number of rotatable bonds is 6. The minimum Gasteiger partial charge on any atom is -0.369 e. The van der Waals surface area contributed by atoms with Gasteiger partial charge in [0.05, 0.1) is 5.92 Å². The molecule has 2 fully saturated rings. The molecule has 2 aliphatic rings. The molecular formula is C16H28N4O3. The molecule has 2 rings (SSSR count). The molecule has 0 aliphatic carbocycles. The van der Waals surface area contributed by atoms with Crippen molar-refractivity contribution in [2.45, 2.75) is 51.6 Å². The average molecular weight is 324 g/mol. The molecule has 7 nitrogen and oxygen atoms in total. The Labute approximate surface area is 137 Å². The third kappa shape index (κ3) is 4.02. The van der Waals surface area contributed by atoms with E-state index in [9.17, 15) is 14.4 Å². The summed E-state index contributed by atoms with van der Waals surface area (Å²) < 4.78 is 0. The van der Waals surface area contributed by atoms with E-state index < -0.39 is 11.9 Å². The summed E-state index contributed by atoms with van der Waals surface area (Å²) in [7, 11) is 0. The second-order valence-electron chi connectivity index (χ2n) is 6.99. The lowest BCUT2D eigenvalue weighted by atomic mass is 9.80. The minimum atomic E-state index is -0.623. The Morgan fingerprint density at radius 2 is 1.96 bits per heavy atom. The van der Waals surface area contributed by atoms with Gasteiger partial charge in [0.15, 0.2) is 0 Å². The molecule has 4 N–H and O–H groups in total. The molecule has 0 radical (unpaired) electrons. The van der Waals surface area contributed by atoms with Crippen LogP contribution < -0.4 is 11.5 Å². The summed E-state index contributed by atoms with van der Waals surface area (Å²) in [5, 5.41) is 0. The third-order valence-electron chi connectivity index (χ3n) is 5.22. The Morgan fingerprint density at radius 3 is 2.43 bits per heavy atom. The molecule has 2 heterocycles. The largest absolute Gasteiger partial charge is 0.369 e. The molecule has 3 atom stereocenters. The molecule has 0 spiro atoms. The summed E-state index contributed by atoms with van der Waals surface area (Å²) in [5.74, 6) is -1.16. The fourth-order valence-corrected chi connectivity index (χ4v) is 3.78. The molecule has 2 aliphatic heterocycles. The van der Waals surface area contributed by atoms with Crippen LogP contribution in [0.4, 0.5) is 0 Å². The Hall–Kier alpha value is -1.63. The number of primary amides is 2. The number of carbonyl (C=O) groups is 3. The van der Waals surface area contributed by atoms with Gasteiger partial charge in [-0.15, -0.1) is 0 Å². The highest BCUT2D eigenvalue weighted by Gasteiger charge is 2.39. The maximum absolute atomic E-state index is 11.9. The standard InChI is InChI=1S/C16H28N4O3/c1-10(2)19-7-5-11(12(9-19)15(17)22)8-13(16(18)23)20-6-3-4-14(20)21/h10-13H,3-9H2,1-2H3,(H2,17,22)(H2,18,23). The molecular weight excluding hydrogens is 296 g/mol. The van der Waals surface area contributed by atoms with Gasteiger partial charge in [-0.25, -0.2) is 0 Å². The van der Waals surface area contributed by atoms with Crippen molar-refractivity contribution in [1.82, 2.24) is 9.80 Å². The molecule has 0 aromatic rings. The van der Waals surface area contributed by atoms with Crippen LogP contribution in [-0.4, -0.2) is 59.2 Å². The number of nitrogens with zero attached hydrogens (tertiary/aromatic N) is 2. The second kappa shape index (κ2) is 7.29.